The maximum atomic E-state index is 11.9. The van der Waals surface area contributed by atoms with Gasteiger partial charge >= 0.3 is 0 Å². The van der Waals surface area contributed by atoms with Crippen LogP contribution in [0.3, 0.4) is 0 Å². The number of nitrogens with zero attached hydrogens (tertiary/aromatic N) is 2. The average Bonchev–Trinajstić information content (AvgIpc) is 2.32. The summed E-state index contributed by atoms with van der Waals surface area (Å²) in [5.74, 6) is 1.02. The van der Waals surface area contributed by atoms with E-state index in [9.17, 15) is 4.79 Å². The third kappa shape index (κ3) is 3.96. The van der Waals surface area contributed by atoms with Crippen molar-refractivity contribution in [2.24, 2.45) is 5.92 Å². The van der Waals surface area contributed by atoms with Crippen LogP contribution in [0.5, 0.6) is 0 Å². The van der Waals surface area contributed by atoms with Crippen molar-refractivity contribution in [3.8, 4) is 0 Å². The second kappa shape index (κ2) is 6.36. The zero-order valence-corrected chi connectivity index (χ0v) is 11.0. The van der Waals surface area contributed by atoms with Crippen LogP contribution in [0.1, 0.15) is 25.7 Å². The van der Waals surface area contributed by atoms with Crippen molar-refractivity contribution in [3.63, 3.8) is 0 Å². The molecule has 0 unspecified atom stereocenters. The predicted molar refractivity (Wildman–Crippen MR) is 68.9 cm³/mol. The number of carbonyl (C=O) groups excluding carboxylic acids is 1. The van der Waals surface area contributed by atoms with Crippen LogP contribution in [0.2, 0.25) is 0 Å². The molecule has 17 heavy (non-hydrogen) atoms. The molecule has 1 saturated carbocycles. The van der Waals surface area contributed by atoms with E-state index in [-0.39, 0.29) is 0 Å². The molecule has 0 spiro atoms. The molecule has 4 heteroatoms. The van der Waals surface area contributed by atoms with E-state index in [4.69, 9.17) is 0 Å². The lowest BCUT2D eigenvalue weighted by Crippen LogP contribution is -2.46. The van der Waals surface area contributed by atoms with Gasteiger partial charge in [0.1, 0.15) is 0 Å². The minimum atomic E-state index is 0.338. The summed E-state index contributed by atoms with van der Waals surface area (Å²) in [5.41, 5.74) is 0. The van der Waals surface area contributed by atoms with Gasteiger partial charge in [-0.1, -0.05) is 6.42 Å². The highest BCUT2D eigenvalue weighted by atomic mass is 16.2. The second-order valence-corrected chi connectivity index (χ2v) is 5.41. The molecule has 98 valence electrons. The van der Waals surface area contributed by atoms with Crippen LogP contribution in [0.25, 0.3) is 0 Å². The molecular formula is C13H25N3O. The van der Waals surface area contributed by atoms with E-state index in [2.05, 4.69) is 10.2 Å². The highest BCUT2D eigenvalue weighted by Gasteiger charge is 2.22. The zero-order valence-electron chi connectivity index (χ0n) is 11.0. The van der Waals surface area contributed by atoms with Crippen LogP contribution in [0, 0.1) is 5.92 Å². The van der Waals surface area contributed by atoms with Crippen molar-refractivity contribution in [2.45, 2.75) is 25.7 Å². The number of piperazine rings is 1. The quantitative estimate of drug-likeness (QED) is 0.760. The van der Waals surface area contributed by atoms with E-state index < -0.39 is 0 Å². The second-order valence-electron chi connectivity index (χ2n) is 5.41. The summed E-state index contributed by atoms with van der Waals surface area (Å²) in [7, 11) is 1.95. The van der Waals surface area contributed by atoms with Crippen molar-refractivity contribution in [1.82, 2.24) is 15.1 Å². The van der Waals surface area contributed by atoms with Crippen molar-refractivity contribution in [3.05, 3.63) is 0 Å². The van der Waals surface area contributed by atoms with Gasteiger partial charge in [0.2, 0.25) is 5.91 Å². The van der Waals surface area contributed by atoms with E-state index in [0.717, 1.165) is 45.7 Å². The van der Waals surface area contributed by atoms with E-state index in [1.165, 1.54) is 19.3 Å². The van der Waals surface area contributed by atoms with Crippen molar-refractivity contribution in [1.29, 1.82) is 0 Å². The molecule has 0 aromatic rings. The van der Waals surface area contributed by atoms with E-state index in [1.807, 2.05) is 11.9 Å². The molecule has 0 radical (unpaired) electrons. The number of amides is 1. The predicted octanol–water partition coefficient (Wildman–Crippen LogP) is 0.540. The van der Waals surface area contributed by atoms with Gasteiger partial charge in [-0.25, -0.2) is 0 Å². The van der Waals surface area contributed by atoms with E-state index in [1.54, 1.807) is 0 Å². The Morgan fingerprint density at radius 3 is 2.65 bits per heavy atom. The molecule has 0 atom stereocenters. The average molecular weight is 239 g/mol. The van der Waals surface area contributed by atoms with Gasteiger partial charge in [0.15, 0.2) is 0 Å². The third-order valence-corrected chi connectivity index (χ3v) is 4.08. The highest BCUT2D eigenvalue weighted by molar-refractivity contribution is 5.76. The minimum absolute atomic E-state index is 0.338. The first-order valence-electron chi connectivity index (χ1n) is 6.93. The molecule has 1 saturated heterocycles. The zero-order chi connectivity index (χ0) is 12.1. The third-order valence-electron chi connectivity index (χ3n) is 4.08. The molecule has 0 aromatic carbocycles. The Bertz CT molecular complexity index is 247. The van der Waals surface area contributed by atoms with E-state index in [0.29, 0.717) is 11.8 Å². The van der Waals surface area contributed by atoms with Crippen molar-refractivity contribution >= 4 is 5.91 Å². The fraction of sp³-hybridized carbons (Fsp3) is 0.923. The van der Waals surface area contributed by atoms with Gasteiger partial charge in [0.05, 0.1) is 0 Å². The van der Waals surface area contributed by atoms with Crippen LogP contribution >= 0.6 is 0 Å². The summed E-state index contributed by atoms with van der Waals surface area (Å²) in [4.78, 5) is 16.3. The van der Waals surface area contributed by atoms with Gasteiger partial charge in [-0.05, 0) is 18.8 Å². The summed E-state index contributed by atoms with van der Waals surface area (Å²) in [6.07, 6.45) is 4.62. The molecule has 1 aliphatic carbocycles. The largest absolute Gasteiger partial charge is 0.344 e. The van der Waals surface area contributed by atoms with Crippen LogP contribution in [-0.2, 0) is 4.79 Å². The first-order valence-corrected chi connectivity index (χ1v) is 6.93. The summed E-state index contributed by atoms with van der Waals surface area (Å²) in [6.45, 7) is 6.30. The molecule has 2 rings (SSSR count). The van der Waals surface area contributed by atoms with Crippen molar-refractivity contribution < 1.29 is 4.79 Å². The Morgan fingerprint density at radius 2 is 2.06 bits per heavy atom. The summed E-state index contributed by atoms with van der Waals surface area (Å²) in [5, 5.41) is 3.34. The Kier molecular flexibility index (Phi) is 4.80. The molecule has 0 bridgehead atoms. The lowest BCUT2D eigenvalue weighted by molar-refractivity contribution is -0.131. The summed E-state index contributed by atoms with van der Waals surface area (Å²) < 4.78 is 0. The normalized spacial score (nSPS) is 22.2. The molecule has 4 nitrogen and oxygen atoms in total. The topological polar surface area (TPSA) is 35.6 Å². The maximum Gasteiger partial charge on any atom is 0.222 e. The fourth-order valence-electron chi connectivity index (χ4n) is 2.45. The minimum Gasteiger partial charge on any atom is -0.344 e. The molecule has 1 N–H and O–H groups in total. The fourth-order valence-corrected chi connectivity index (χ4v) is 2.45. The molecule has 2 aliphatic rings. The Labute approximate surface area is 104 Å². The van der Waals surface area contributed by atoms with Gasteiger partial charge in [0, 0.05) is 52.7 Å². The van der Waals surface area contributed by atoms with Gasteiger partial charge in [-0.3, -0.25) is 9.69 Å². The van der Waals surface area contributed by atoms with Gasteiger partial charge in [-0.2, -0.15) is 0 Å². The Morgan fingerprint density at radius 1 is 1.35 bits per heavy atom. The molecule has 1 heterocycles. The molecule has 2 fully saturated rings. The number of hydrogen-bond donors (Lipinski definition) is 1. The lowest BCUT2D eigenvalue weighted by atomic mass is 9.83. The molecule has 1 amide bonds. The van der Waals surface area contributed by atoms with Crippen molar-refractivity contribution in [2.75, 3.05) is 46.3 Å². The molecule has 0 aromatic heterocycles. The highest BCUT2D eigenvalue weighted by Crippen LogP contribution is 2.29. The Hall–Kier alpha value is -0.610. The van der Waals surface area contributed by atoms with Gasteiger partial charge in [-0.15, -0.1) is 0 Å². The monoisotopic (exact) mass is 239 g/mol. The lowest BCUT2D eigenvalue weighted by Gasteiger charge is -2.30. The van der Waals surface area contributed by atoms with Gasteiger partial charge in [0.25, 0.3) is 0 Å². The molecular weight excluding hydrogens is 214 g/mol. The summed E-state index contributed by atoms with van der Waals surface area (Å²) >= 11 is 0. The van der Waals surface area contributed by atoms with Crippen LogP contribution < -0.4 is 5.32 Å². The standard InChI is InChI=1S/C13H25N3O/c1-15(13(17)11-12-3-2-4-12)9-10-16-7-5-14-6-8-16/h12,14H,2-11H2,1H3. The number of nitrogens with one attached hydrogen (secondary N) is 1. The maximum absolute atomic E-state index is 11.9. The number of hydrogen-bond acceptors (Lipinski definition) is 3. The molecule has 1 aliphatic heterocycles. The van der Waals surface area contributed by atoms with Crippen LogP contribution in [0.4, 0.5) is 0 Å². The first kappa shape index (κ1) is 12.8. The summed E-state index contributed by atoms with van der Waals surface area (Å²) in [6, 6.07) is 0. The number of carbonyl (C=O) groups is 1. The first-order chi connectivity index (χ1) is 8.25. The van der Waals surface area contributed by atoms with Crippen LogP contribution in [0.15, 0.2) is 0 Å². The number of rotatable bonds is 5. The Balaban J connectivity index is 1.61. The number of likely N-dealkylation sites (N-methyl/N-ethyl adjacent to an activating group) is 1. The van der Waals surface area contributed by atoms with E-state index >= 15 is 0 Å². The van der Waals surface area contributed by atoms with Crippen LogP contribution in [-0.4, -0.2) is 62.0 Å². The van der Waals surface area contributed by atoms with Gasteiger partial charge < -0.3 is 10.2 Å². The smallest absolute Gasteiger partial charge is 0.222 e. The SMILES string of the molecule is CN(CCN1CCNCC1)C(=O)CC1CCC1.